The van der Waals surface area contributed by atoms with Crippen LogP contribution in [-0.4, -0.2) is 53.8 Å². The molecule has 186 valence electrons. The zero-order valence-electron chi connectivity index (χ0n) is 13.2. The van der Waals surface area contributed by atoms with E-state index in [4.69, 9.17) is 0 Å². The molecule has 31 heavy (non-hydrogen) atoms. The van der Waals surface area contributed by atoms with E-state index in [0.29, 0.717) is 0 Å². The Balaban J connectivity index is 4.33. The van der Waals surface area contributed by atoms with Crippen LogP contribution in [0.15, 0.2) is 0 Å². The summed E-state index contributed by atoms with van der Waals surface area (Å²) in [5, 5.41) is 0. The van der Waals surface area contributed by atoms with Gasteiger partial charge in [-0.25, -0.2) is 8.78 Å². The van der Waals surface area contributed by atoms with Crippen molar-refractivity contribution >= 4 is 0 Å². The number of hydrogen-bond donors (Lipinski definition) is 0. The highest BCUT2D eigenvalue weighted by molar-refractivity contribution is 5.26. The number of hydrogen-bond acceptors (Lipinski definition) is 0. The first-order valence-corrected chi connectivity index (χ1v) is 6.77. The number of rotatable bonds is 2. The molecular formula is C11H2F20. The molecule has 0 heterocycles. The van der Waals surface area contributed by atoms with Gasteiger partial charge in [-0.3, -0.25) is 0 Å². The Kier molecular flexibility index (Phi) is 5.66. The van der Waals surface area contributed by atoms with Crippen LogP contribution in [0.5, 0.6) is 0 Å². The molecule has 0 spiro atoms. The van der Waals surface area contributed by atoms with Crippen LogP contribution in [0.2, 0.25) is 0 Å². The molecule has 0 N–H and O–H groups in total. The molecule has 1 aliphatic rings. The van der Waals surface area contributed by atoms with Gasteiger partial charge >= 0.3 is 53.8 Å². The van der Waals surface area contributed by atoms with E-state index in [2.05, 4.69) is 0 Å². The van der Waals surface area contributed by atoms with Gasteiger partial charge in [-0.1, -0.05) is 0 Å². The van der Waals surface area contributed by atoms with Crippen molar-refractivity contribution < 1.29 is 87.8 Å². The summed E-state index contributed by atoms with van der Waals surface area (Å²) in [6.45, 7) is 0. The van der Waals surface area contributed by atoms with Gasteiger partial charge in [0.25, 0.3) is 0 Å². The van der Waals surface area contributed by atoms with Gasteiger partial charge in [-0.05, 0) is 0 Å². The molecule has 2 atom stereocenters. The van der Waals surface area contributed by atoms with E-state index >= 15 is 0 Å². The molecule has 0 amide bonds. The summed E-state index contributed by atoms with van der Waals surface area (Å²) >= 11 is 0. The van der Waals surface area contributed by atoms with Crippen LogP contribution < -0.4 is 0 Å². The Labute approximate surface area is 155 Å². The van der Waals surface area contributed by atoms with Crippen LogP contribution in [0, 0.1) is 11.8 Å². The highest BCUT2D eigenvalue weighted by Gasteiger charge is 3.00. The molecule has 1 fully saturated rings. The minimum absolute atomic E-state index is 6.97. The van der Waals surface area contributed by atoms with Crippen LogP contribution in [0.4, 0.5) is 87.8 Å². The third-order valence-corrected chi connectivity index (χ3v) is 4.46. The SMILES string of the molecule is FC(F)(F)C(F)(C1C(C(F)(C(F)(F)F)C(F)(F)F)C(F)(F)C(F)(F)C1(F)F)C(F)(F)F. The maximum atomic E-state index is 14.0. The van der Waals surface area contributed by atoms with E-state index in [-0.39, 0.29) is 0 Å². The van der Waals surface area contributed by atoms with Crippen LogP contribution in [0.25, 0.3) is 0 Å². The van der Waals surface area contributed by atoms with Gasteiger partial charge in [-0.15, -0.1) is 0 Å². The van der Waals surface area contributed by atoms with Crippen molar-refractivity contribution in [1.29, 1.82) is 0 Å². The molecule has 0 saturated heterocycles. The summed E-state index contributed by atoms with van der Waals surface area (Å²) in [7, 11) is 0. The molecule has 1 saturated carbocycles. The predicted octanol–water partition coefficient (Wildman–Crippen LogP) is 6.80. The van der Waals surface area contributed by atoms with Gasteiger partial charge in [0.15, 0.2) is 0 Å². The maximum Gasteiger partial charge on any atom is 0.432 e. The summed E-state index contributed by atoms with van der Waals surface area (Å²) in [5.41, 5.74) is -16.6. The van der Waals surface area contributed by atoms with E-state index in [1.54, 1.807) is 0 Å². The molecule has 2 unspecified atom stereocenters. The quantitative estimate of drug-likeness (QED) is 0.356. The van der Waals surface area contributed by atoms with Crippen molar-refractivity contribution in [2.75, 3.05) is 0 Å². The van der Waals surface area contributed by atoms with Crippen molar-refractivity contribution in [3.05, 3.63) is 0 Å². The molecule has 0 aromatic carbocycles. The Morgan fingerprint density at radius 3 is 0.645 bits per heavy atom. The van der Waals surface area contributed by atoms with Gasteiger partial charge in [0.2, 0.25) is 0 Å². The predicted molar refractivity (Wildman–Crippen MR) is 53.7 cm³/mol. The summed E-state index contributed by atoms with van der Waals surface area (Å²) < 4.78 is 261. The summed E-state index contributed by atoms with van der Waals surface area (Å²) in [6.07, 6.45) is -32.6. The molecule has 1 aliphatic carbocycles. The Morgan fingerprint density at radius 1 is 0.355 bits per heavy atom. The fourth-order valence-corrected chi connectivity index (χ4v) is 3.02. The van der Waals surface area contributed by atoms with Gasteiger partial charge in [0, 0.05) is 0 Å². The molecule has 0 aromatic heterocycles. The molecule has 0 aliphatic heterocycles. The van der Waals surface area contributed by atoms with Crippen LogP contribution >= 0.6 is 0 Å². The van der Waals surface area contributed by atoms with Crippen molar-refractivity contribution in [3.8, 4) is 0 Å². The smallest absolute Gasteiger partial charge is 0.223 e. The lowest BCUT2D eigenvalue weighted by molar-refractivity contribution is -0.410. The third-order valence-electron chi connectivity index (χ3n) is 4.46. The third kappa shape index (κ3) is 3.12. The van der Waals surface area contributed by atoms with E-state index < -0.39 is 65.6 Å². The first-order valence-electron chi connectivity index (χ1n) is 6.77. The first-order chi connectivity index (χ1) is 13.0. The average Bonchev–Trinajstić information content (AvgIpc) is 2.55. The molecule has 0 radical (unpaired) electrons. The fourth-order valence-electron chi connectivity index (χ4n) is 3.02. The topological polar surface area (TPSA) is 0 Å². The minimum Gasteiger partial charge on any atom is -0.223 e. The fraction of sp³-hybridized carbons (Fsp3) is 1.00. The van der Waals surface area contributed by atoms with Gasteiger partial charge < -0.3 is 0 Å². The second-order valence-electron chi connectivity index (χ2n) is 6.19. The Bertz CT molecular complexity index is 598. The second-order valence-corrected chi connectivity index (χ2v) is 6.19. The lowest BCUT2D eigenvalue weighted by Gasteiger charge is -2.44. The van der Waals surface area contributed by atoms with Gasteiger partial charge in [0.1, 0.15) is 0 Å². The maximum absolute atomic E-state index is 14.0. The normalized spacial score (nSPS) is 27.5. The Hall–Kier alpha value is -1.40. The molecule has 0 bridgehead atoms. The van der Waals surface area contributed by atoms with Crippen molar-refractivity contribution in [2.24, 2.45) is 11.8 Å². The minimum atomic E-state index is -8.29. The van der Waals surface area contributed by atoms with Crippen molar-refractivity contribution in [2.45, 2.75) is 53.8 Å². The largest absolute Gasteiger partial charge is 0.432 e. The molecule has 0 nitrogen and oxygen atoms in total. The van der Waals surface area contributed by atoms with Crippen LogP contribution in [0.3, 0.4) is 0 Å². The monoisotopic (exact) mass is 514 g/mol. The zero-order chi connectivity index (χ0) is 25.7. The lowest BCUT2D eigenvalue weighted by atomic mass is 9.70. The van der Waals surface area contributed by atoms with E-state index in [9.17, 15) is 87.8 Å². The van der Waals surface area contributed by atoms with Crippen LogP contribution in [0.1, 0.15) is 0 Å². The molecule has 1 rings (SSSR count). The highest BCUT2D eigenvalue weighted by Crippen LogP contribution is 2.74. The lowest BCUT2D eigenvalue weighted by Crippen LogP contribution is -2.70. The summed E-state index contributed by atoms with van der Waals surface area (Å²) in [5.74, 6) is -37.8. The van der Waals surface area contributed by atoms with Gasteiger partial charge in [-0.2, -0.15) is 79.0 Å². The number of halogens is 20. The van der Waals surface area contributed by atoms with Crippen molar-refractivity contribution in [1.82, 2.24) is 0 Å². The van der Waals surface area contributed by atoms with Crippen molar-refractivity contribution in [3.63, 3.8) is 0 Å². The van der Waals surface area contributed by atoms with E-state index in [0.717, 1.165) is 0 Å². The van der Waals surface area contributed by atoms with Gasteiger partial charge in [0.05, 0.1) is 11.8 Å². The standard InChI is InChI=1S/C11H2F20/c12-3(8(20,21)22,9(23,24)25)1-2(4(13,10(26,27)28)11(29,30)31)6(16,17)7(18,19)5(1,14)15/h1-2H. The summed E-state index contributed by atoms with van der Waals surface area (Å²) in [6, 6.07) is 0. The van der Waals surface area contributed by atoms with E-state index in [1.807, 2.05) is 0 Å². The zero-order valence-corrected chi connectivity index (χ0v) is 13.2. The number of alkyl halides is 20. The average molecular weight is 514 g/mol. The first kappa shape index (κ1) is 27.6. The van der Waals surface area contributed by atoms with Crippen LogP contribution in [-0.2, 0) is 0 Å². The molecular weight excluding hydrogens is 512 g/mol. The second kappa shape index (κ2) is 6.34. The van der Waals surface area contributed by atoms with E-state index in [1.165, 1.54) is 0 Å². The summed E-state index contributed by atoms with van der Waals surface area (Å²) in [4.78, 5) is 0. The Morgan fingerprint density at radius 2 is 0.516 bits per heavy atom. The highest BCUT2D eigenvalue weighted by atomic mass is 19.4. The molecule has 0 aromatic rings. The molecule has 20 heteroatoms.